The average molecular weight is 288 g/mol. The Bertz CT molecular complexity index is 625. The Kier molecular flexibility index (Phi) is 3.31. The van der Waals surface area contributed by atoms with Crippen molar-refractivity contribution in [3.05, 3.63) is 41.5 Å². The zero-order valence-electron chi connectivity index (χ0n) is 11.0. The van der Waals surface area contributed by atoms with Gasteiger partial charge >= 0.3 is 0 Å². The molecule has 2 heterocycles. The van der Waals surface area contributed by atoms with Gasteiger partial charge in [-0.1, -0.05) is 30.3 Å². The lowest BCUT2D eigenvalue weighted by molar-refractivity contribution is 0.100. The molecule has 0 radical (unpaired) electrons. The second kappa shape index (κ2) is 5.13. The maximum absolute atomic E-state index is 11.5. The van der Waals surface area contributed by atoms with E-state index in [1.807, 2.05) is 6.07 Å². The lowest BCUT2D eigenvalue weighted by Crippen LogP contribution is -2.22. The molecule has 5 nitrogen and oxygen atoms in total. The van der Waals surface area contributed by atoms with Gasteiger partial charge in [0, 0.05) is 19.0 Å². The van der Waals surface area contributed by atoms with E-state index in [9.17, 15) is 4.79 Å². The van der Waals surface area contributed by atoms with Gasteiger partial charge in [0.15, 0.2) is 5.82 Å². The van der Waals surface area contributed by atoms with Crippen LogP contribution in [0.4, 0.5) is 10.8 Å². The van der Waals surface area contributed by atoms with Gasteiger partial charge in [0.2, 0.25) is 0 Å². The van der Waals surface area contributed by atoms with Crippen LogP contribution in [0.25, 0.3) is 0 Å². The third-order valence-corrected chi connectivity index (χ3v) is 4.62. The fraction of sp³-hybridized carbons (Fsp3) is 0.286. The SMILES string of the molecule is NC(=O)c1c(N)nsc1N1CCC(c2ccccc2)C1. The molecule has 1 unspecified atom stereocenters. The van der Waals surface area contributed by atoms with E-state index in [1.165, 1.54) is 17.1 Å². The number of hydrogen-bond donors (Lipinski definition) is 2. The fourth-order valence-electron chi connectivity index (χ4n) is 2.68. The van der Waals surface area contributed by atoms with E-state index in [1.54, 1.807) is 0 Å². The normalized spacial score (nSPS) is 18.4. The molecule has 1 aromatic carbocycles. The van der Waals surface area contributed by atoms with Gasteiger partial charge in [-0.15, -0.1) is 0 Å². The summed E-state index contributed by atoms with van der Waals surface area (Å²) in [6, 6.07) is 10.4. The number of primary amides is 1. The minimum Gasteiger partial charge on any atom is -0.382 e. The van der Waals surface area contributed by atoms with Crippen molar-refractivity contribution in [2.45, 2.75) is 12.3 Å². The number of aromatic nitrogens is 1. The van der Waals surface area contributed by atoms with Gasteiger partial charge in [-0.05, 0) is 23.5 Å². The predicted molar refractivity (Wildman–Crippen MR) is 81.1 cm³/mol. The highest BCUT2D eigenvalue weighted by Crippen LogP contribution is 2.36. The van der Waals surface area contributed by atoms with E-state index >= 15 is 0 Å². The maximum Gasteiger partial charge on any atom is 0.255 e. The molecule has 6 heteroatoms. The molecule has 20 heavy (non-hydrogen) atoms. The summed E-state index contributed by atoms with van der Waals surface area (Å²) in [7, 11) is 0. The van der Waals surface area contributed by atoms with Crippen LogP contribution in [0.5, 0.6) is 0 Å². The Morgan fingerprint density at radius 2 is 2.10 bits per heavy atom. The van der Waals surface area contributed by atoms with Gasteiger partial charge in [-0.25, -0.2) is 0 Å². The molecule has 1 atom stereocenters. The first-order valence-corrected chi connectivity index (χ1v) is 7.29. The standard InChI is InChI=1S/C14H16N4OS/c15-12-11(13(16)19)14(20-17-12)18-7-6-10(8-18)9-4-2-1-3-5-9/h1-5,10H,6-8H2,(H2,15,17)(H2,16,19). The highest BCUT2D eigenvalue weighted by atomic mass is 32.1. The number of rotatable bonds is 3. The second-order valence-corrected chi connectivity index (χ2v) is 5.71. The molecule has 1 aliphatic rings. The van der Waals surface area contributed by atoms with Gasteiger partial charge in [-0.3, -0.25) is 4.79 Å². The van der Waals surface area contributed by atoms with Crippen LogP contribution in [0.1, 0.15) is 28.3 Å². The molecule has 0 bridgehead atoms. The first-order chi connectivity index (χ1) is 9.66. The average Bonchev–Trinajstić information content (AvgIpc) is 3.05. The fourth-order valence-corrected chi connectivity index (χ4v) is 3.54. The molecule has 1 aromatic heterocycles. The number of carbonyl (C=O) groups excluding carboxylic acids is 1. The van der Waals surface area contributed by atoms with E-state index in [4.69, 9.17) is 11.5 Å². The number of nitrogens with two attached hydrogens (primary N) is 2. The summed E-state index contributed by atoms with van der Waals surface area (Å²) in [6.07, 6.45) is 1.06. The van der Waals surface area contributed by atoms with Crippen molar-refractivity contribution in [1.29, 1.82) is 0 Å². The van der Waals surface area contributed by atoms with Crippen LogP contribution in [-0.4, -0.2) is 23.4 Å². The number of amides is 1. The van der Waals surface area contributed by atoms with Crippen molar-refractivity contribution in [3.63, 3.8) is 0 Å². The van der Waals surface area contributed by atoms with E-state index in [0.717, 1.165) is 24.5 Å². The van der Waals surface area contributed by atoms with Crippen LogP contribution in [-0.2, 0) is 0 Å². The van der Waals surface area contributed by atoms with Crippen LogP contribution in [0.15, 0.2) is 30.3 Å². The molecular weight excluding hydrogens is 272 g/mol. The Morgan fingerprint density at radius 1 is 1.35 bits per heavy atom. The summed E-state index contributed by atoms with van der Waals surface area (Å²) in [5.74, 6) is 0.204. The smallest absolute Gasteiger partial charge is 0.255 e. The highest BCUT2D eigenvalue weighted by Gasteiger charge is 2.29. The minimum atomic E-state index is -0.505. The topological polar surface area (TPSA) is 85.2 Å². The molecule has 1 amide bonds. The van der Waals surface area contributed by atoms with Gasteiger partial charge in [0.25, 0.3) is 5.91 Å². The quantitative estimate of drug-likeness (QED) is 0.902. The third-order valence-electron chi connectivity index (χ3n) is 3.69. The van der Waals surface area contributed by atoms with Gasteiger partial charge in [0.05, 0.1) is 0 Å². The molecule has 104 valence electrons. The minimum absolute atomic E-state index is 0.237. The second-order valence-electron chi connectivity index (χ2n) is 4.95. The zero-order chi connectivity index (χ0) is 14.1. The van der Waals surface area contributed by atoms with E-state index in [0.29, 0.717) is 11.5 Å². The number of nitrogens with zero attached hydrogens (tertiary/aromatic N) is 2. The highest BCUT2D eigenvalue weighted by molar-refractivity contribution is 7.11. The van der Waals surface area contributed by atoms with Crippen molar-refractivity contribution < 1.29 is 4.79 Å². The lowest BCUT2D eigenvalue weighted by Gasteiger charge is -2.17. The molecule has 1 aliphatic heterocycles. The van der Waals surface area contributed by atoms with Crippen molar-refractivity contribution in [2.24, 2.45) is 5.73 Å². The van der Waals surface area contributed by atoms with Crippen LogP contribution < -0.4 is 16.4 Å². The van der Waals surface area contributed by atoms with Crippen molar-refractivity contribution >= 4 is 28.3 Å². The Hall–Kier alpha value is -2.08. The molecule has 0 saturated carbocycles. The van der Waals surface area contributed by atoms with Crippen LogP contribution in [0.3, 0.4) is 0 Å². The number of anilines is 2. The van der Waals surface area contributed by atoms with Crippen LogP contribution in [0.2, 0.25) is 0 Å². The molecule has 2 aromatic rings. The van der Waals surface area contributed by atoms with Gasteiger partial charge < -0.3 is 16.4 Å². The molecule has 1 saturated heterocycles. The maximum atomic E-state index is 11.5. The van der Waals surface area contributed by atoms with E-state index < -0.39 is 5.91 Å². The monoisotopic (exact) mass is 288 g/mol. The van der Waals surface area contributed by atoms with Gasteiger partial charge in [-0.2, -0.15) is 4.37 Å². The largest absolute Gasteiger partial charge is 0.382 e. The Labute approximate surface area is 121 Å². The zero-order valence-corrected chi connectivity index (χ0v) is 11.8. The molecule has 4 N–H and O–H groups in total. The summed E-state index contributed by atoms with van der Waals surface area (Å²) in [5.41, 5.74) is 12.8. The Morgan fingerprint density at radius 3 is 2.80 bits per heavy atom. The summed E-state index contributed by atoms with van der Waals surface area (Å²) in [6.45, 7) is 1.76. The van der Waals surface area contributed by atoms with E-state index in [-0.39, 0.29) is 5.82 Å². The molecule has 0 spiro atoms. The first kappa shape index (κ1) is 12.9. The summed E-state index contributed by atoms with van der Waals surface area (Å²) >= 11 is 1.25. The number of hydrogen-bond acceptors (Lipinski definition) is 5. The van der Waals surface area contributed by atoms with Crippen LogP contribution >= 0.6 is 11.5 Å². The number of benzene rings is 1. The third kappa shape index (κ3) is 2.22. The van der Waals surface area contributed by atoms with Crippen molar-refractivity contribution in [1.82, 2.24) is 4.37 Å². The summed E-state index contributed by atoms with van der Waals surface area (Å²) in [4.78, 5) is 13.7. The van der Waals surface area contributed by atoms with Gasteiger partial charge in [0.1, 0.15) is 10.6 Å². The molecule has 3 rings (SSSR count). The molecule has 1 fully saturated rings. The molecule has 0 aliphatic carbocycles. The number of nitrogen functional groups attached to an aromatic ring is 1. The predicted octanol–water partition coefficient (Wildman–Crippen LogP) is 1.82. The summed E-state index contributed by atoms with van der Waals surface area (Å²) in [5, 5.41) is 0.799. The first-order valence-electron chi connectivity index (χ1n) is 6.51. The van der Waals surface area contributed by atoms with E-state index in [2.05, 4.69) is 33.5 Å². The van der Waals surface area contributed by atoms with Crippen molar-refractivity contribution in [3.8, 4) is 0 Å². The summed E-state index contributed by atoms with van der Waals surface area (Å²) < 4.78 is 4.06. The van der Waals surface area contributed by atoms with Crippen LogP contribution in [0, 0.1) is 0 Å². The lowest BCUT2D eigenvalue weighted by atomic mass is 9.99. The number of carbonyl (C=O) groups is 1. The Balaban J connectivity index is 1.83. The van der Waals surface area contributed by atoms with Crippen molar-refractivity contribution in [2.75, 3.05) is 23.7 Å². The molecular formula is C14H16N4OS.